The van der Waals surface area contributed by atoms with Gasteiger partial charge in [-0.1, -0.05) is 49.4 Å². The highest BCUT2D eigenvalue weighted by Crippen LogP contribution is 2.14. The number of ether oxygens (including phenoxy) is 1. The van der Waals surface area contributed by atoms with Crippen molar-refractivity contribution < 1.29 is 18.7 Å². The van der Waals surface area contributed by atoms with E-state index in [-0.39, 0.29) is 18.5 Å². The molecule has 3 amide bonds. The third kappa shape index (κ3) is 7.50. The summed E-state index contributed by atoms with van der Waals surface area (Å²) in [6.07, 6.45) is 2.46. The molecule has 7 heteroatoms. The van der Waals surface area contributed by atoms with Crippen LogP contribution in [0.2, 0.25) is 0 Å². The van der Waals surface area contributed by atoms with Crippen LogP contribution in [0.5, 0.6) is 0 Å². The molecule has 0 spiro atoms. The second-order valence-corrected chi connectivity index (χ2v) is 7.71. The van der Waals surface area contributed by atoms with E-state index in [2.05, 4.69) is 12.2 Å². The first-order chi connectivity index (χ1) is 16.1. The Kier molecular flexibility index (Phi) is 9.08. The lowest BCUT2D eigenvalue weighted by Gasteiger charge is -2.27. The first-order valence-corrected chi connectivity index (χ1v) is 11.1. The van der Waals surface area contributed by atoms with Crippen LogP contribution in [0.4, 0.5) is 10.5 Å². The number of aryl methyl sites for hydroxylation is 1. The van der Waals surface area contributed by atoms with Gasteiger partial charge in [0.1, 0.15) is 12.3 Å². The Morgan fingerprint density at radius 3 is 2.42 bits per heavy atom. The molecule has 0 unspecified atom stereocenters. The fourth-order valence-electron chi connectivity index (χ4n) is 3.42. The predicted molar refractivity (Wildman–Crippen MR) is 128 cm³/mol. The van der Waals surface area contributed by atoms with Gasteiger partial charge in [-0.15, -0.1) is 0 Å². The second kappa shape index (κ2) is 12.5. The number of nitrogens with one attached hydrogen (secondary N) is 1. The minimum Gasteiger partial charge on any atom is -0.467 e. The molecule has 0 bridgehead atoms. The lowest BCUT2D eigenvalue weighted by Crippen LogP contribution is -2.45. The van der Waals surface area contributed by atoms with Crippen molar-refractivity contribution in [1.29, 1.82) is 0 Å². The number of nitrogens with zero attached hydrogens (tertiary/aromatic N) is 2. The van der Waals surface area contributed by atoms with Gasteiger partial charge in [0.2, 0.25) is 5.91 Å². The smallest absolute Gasteiger partial charge is 0.322 e. The minimum absolute atomic E-state index is 0.0732. The van der Waals surface area contributed by atoms with E-state index < -0.39 is 0 Å². The highest BCUT2D eigenvalue weighted by Gasteiger charge is 2.22. The monoisotopic (exact) mass is 449 g/mol. The Labute approximate surface area is 194 Å². The molecule has 0 atom stereocenters. The molecule has 2 aromatic carbocycles. The standard InChI is InChI=1S/C26H31N3O4/c1-3-21-11-7-12-23(17-21)27-26(31)28(14-16-32-2)20-25(30)29(19-24-13-8-15-33-24)18-22-9-5-4-6-10-22/h4-13,15,17H,3,14,16,18-20H2,1-2H3,(H,27,31). The molecule has 0 radical (unpaired) electrons. The number of anilines is 1. The van der Waals surface area contributed by atoms with Gasteiger partial charge >= 0.3 is 6.03 Å². The summed E-state index contributed by atoms with van der Waals surface area (Å²) in [4.78, 5) is 29.5. The zero-order valence-electron chi connectivity index (χ0n) is 19.2. The largest absolute Gasteiger partial charge is 0.467 e. The van der Waals surface area contributed by atoms with Gasteiger partial charge in [0.25, 0.3) is 0 Å². The number of urea groups is 1. The third-order valence-electron chi connectivity index (χ3n) is 5.26. The van der Waals surface area contributed by atoms with E-state index in [1.807, 2.05) is 60.7 Å². The lowest BCUT2D eigenvalue weighted by atomic mass is 10.1. The van der Waals surface area contributed by atoms with Gasteiger partial charge in [-0.05, 0) is 41.8 Å². The molecule has 0 saturated carbocycles. The van der Waals surface area contributed by atoms with Gasteiger partial charge in [0, 0.05) is 25.9 Å². The van der Waals surface area contributed by atoms with Crippen molar-refractivity contribution in [2.24, 2.45) is 0 Å². The number of hydrogen-bond donors (Lipinski definition) is 1. The molecule has 0 aliphatic carbocycles. The molecule has 0 aliphatic heterocycles. The Bertz CT molecular complexity index is 1010. The number of carbonyl (C=O) groups excluding carboxylic acids is 2. The number of carbonyl (C=O) groups is 2. The fourth-order valence-corrected chi connectivity index (χ4v) is 3.42. The summed E-state index contributed by atoms with van der Waals surface area (Å²) in [6.45, 7) is 3.34. The van der Waals surface area contributed by atoms with Crippen LogP contribution in [0, 0.1) is 0 Å². The molecular weight excluding hydrogens is 418 g/mol. The number of methoxy groups -OCH3 is 1. The Morgan fingerprint density at radius 1 is 0.939 bits per heavy atom. The highest BCUT2D eigenvalue weighted by molar-refractivity contribution is 5.92. The van der Waals surface area contributed by atoms with Crippen molar-refractivity contribution in [3.8, 4) is 0 Å². The van der Waals surface area contributed by atoms with E-state index in [1.165, 1.54) is 4.90 Å². The zero-order chi connectivity index (χ0) is 23.5. The van der Waals surface area contributed by atoms with Crippen LogP contribution in [0.1, 0.15) is 23.8 Å². The average molecular weight is 450 g/mol. The Balaban J connectivity index is 1.73. The summed E-state index contributed by atoms with van der Waals surface area (Å²) in [5.74, 6) is 0.507. The van der Waals surface area contributed by atoms with Crippen LogP contribution >= 0.6 is 0 Å². The molecule has 1 heterocycles. The van der Waals surface area contributed by atoms with Crippen LogP contribution in [0.15, 0.2) is 77.4 Å². The normalized spacial score (nSPS) is 10.6. The van der Waals surface area contributed by atoms with E-state index in [0.717, 1.165) is 17.5 Å². The molecule has 0 saturated heterocycles. The lowest BCUT2D eigenvalue weighted by molar-refractivity contribution is -0.133. The average Bonchev–Trinajstić information content (AvgIpc) is 3.35. The van der Waals surface area contributed by atoms with Crippen molar-refractivity contribution in [2.45, 2.75) is 26.4 Å². The number of benzene rings is 2. The van der Waals surface area contributed by atoms with E-state index >= 15 is 0 Å². The van der Waals surface area contributed by atoms with Gasteiger partial charge in [-0.2, -0.15) is 0 Å². The summed E-state index contributed by atoms with van der Waals surface area (Å²) in [5.41, 5.74) is 2.83. The zero-order valence-corrected chi connectivity index (χ0v) is 19.2. The molecule has 0 aliphatic rings. The highest BCUT2D eigenvalue weighted by atomic mass is 16.5. The van der Waals surface area contributed by atoms with Crippen molar-refractivity contribution in [3.63, 3.8) is 0 Å². The van der Waals surface area contributed by atoms with Crippen molar-refractivity contribution in [2.75, 3.05) is 32.1 Å². The molecule has 33 heavy (non-hydrogen) atoms. The summed E-state index contributed by atoms with van der Waals surface area (Å²) >= 11 is 0. The summed E-state index contributed by atoms with van der Waals surface area (Å²) in [5, 5.41) is 2.91. The first-order valence-electron chi connectivity index (χ1n) is 11.1. The van der Waals surface area contributed by atoms with Gasteiger partial charge in [-0.25, -0.2) is 4.79 Å². The van der Waals surface area contributed by atoms with Crippen LogP contribution in [0.25, 0.3) is 0 Å². The van der Waals surface area contributed by atoms with Gasteiger partial charge in [-0.3, -0.25) is 4.79 Å². The summed E-state index contributed by atoms with van der Waals surface area (Å²) in [7, 11) is 1.57. The van der Waals surface area contributed by atoms with Crippen molar-refractivity contribution in [3.05, 3.63) is 89.9 Å². The van der Waals surface area contributed by atoms with Crippen LogP contribution < -0.4 is 5.32 Å². The number of rotatable bonds is 11. The number of amides is 3. The summed E-state index contributed by atoms with van der Waals surface area (Å²) < 4.78 is 10.6. The first kappa shape index (κ1) is 24.1. The number of furan rings is 1. The van der Waals surface area contributed by atoms with Gasteiger partial charge in [0.15, 0.2) is 0 Å². The molecule has 1 aromatic heterocycles. The summed E-state index contributed by atoms with van der Waals surface area (Å²) in [6, 6.07) is 20.7. The van der Waals surface area contributed by atoms with Crippen molar-refractivity contribution in [1.82, 2.24) is 9.80 Å². The topological polar surface area (TPSA) is 75.0 Å². The molecule has 7 nitrogen and oxygen atoms in total. The SMILES string of the molecule is CCc1cccc(NC(=O)N(CCOC)CC(=O)N(Cc2ccccc2)Cc2ccco2)c1. The molecule has 174 valence electrons. The molecule has 3 rings (SSSR count). The van der Waals surface area contributed by atoms with Crippen LogP contribution in [-0.2, 0) is 29.0 Å². The molecular formula is C26H31N3O4. The van der Waals surface area contributed by atoms with E-state index in [9.17, 15) is 9.59 Å². The molecule has 1 N–H and O–H groups in total. The maximum Gasteiger partial charge on any atom is 0.322 e. The van der Waals surface area contributed by atoms with E-state index in [1.54, 1.807) is 24.3 Å². The van der Waals surface area contributed by atoms with Gasteiger partial charge in [0.05, 0.1) is 19.4 Å². The van der Waals surface area contributed by atoms with E-state index in [4.69, 9.17) is 9.15 Å². The molecule has 0 fully saturated rings. The fraction of sp³-hybridized carbons (Fsp3) is 0.308. The minimum atomic E-state index is -0.341. The second-order valence-electron chi connectivity index (χ2n) is 7.71. The quantitative estimate of drug-likeness (QED) is 0.466. The van der Waals surface area contributed by atoms with Gasteiger partial charge < -0.3 is 24.3 Å². The van der Waals surface area contributed by atoms with Crippen LogP contribution in [0.3, 0.4) is 0 Å². The Hall–Kier alpha value is -3.58. The Morgan fingerprint density at radius 2 is 1.73 bits per heavy atom. The molecule has 3 aromatic rings. The van der Waals surface area contributed by atoms with E-state index in [0.29, 0.717) is 37.7 Å². The third-order valence-corrected chi connectivity index (χ3v) is 5.26. The number of hydrogen-bond acceptors (Lipinski definition) is 4. The maximum absolute atomic E-state index is 13.3. The maximum atomic E-state index is 13.3. The van der Waals surface area contributed by atoms with Crippen LogP contribution in [-0.4, -0.2) is 48.5 Å². The predicted octanol–water partition coefficient (Wildman–Crippen LogP) is 4.55. The van der Waals surface area contributed by atoms with Crippen molar-refractivity contribution >= 4 is 17.6 Å².